The molecule has 1 heterocycles. The second-order valence-corrected chi connectivity index (χ2v) is 10.9. The van der Waals surface area contributed by atoms with Crippen molar-refractivity contribution in [1.82, 2.24) is 20.4 Å². The van der Waals surface area contributed by atoms with Gasteiger partial charge in [-0.2, -0.15) is 0 Å². The summed E-state index contributed by atoms with van der Waals surface area (Å²) in [4.78, 5) is 38.2. The van der Waals surface area contributed by atoms with Crippen molar-refractivity contribution in [2.24, 2.45) is 0 Å². The highest BCUT2D eigenvalue weighted by Gasteiger charge is 2.26. The first-order chi connectivity index (χ1) is 14.7. The second kappa shape index (κ2) is 17.5. The molecule has 0 atom stereocenters. The van der Waals surface area contributed by atoms with Gasteiger partial charge in [0.05, 0.1) is 0 Å². The molecule has 0 saturated carbocycles. The van der Waals surface area contributed by atoms with Crippen molar-refractivity contribution in [2.45, 2.75) is 65.6 Å². The van der Waals surface area contributed by atoms with E-state index in [1.807, 2.05) is 13.8 Å². The maximum Gasteiger partial charge on any atom is 0.255 e. The molecule has 180 valence electrons. The molecule has 0 bridgehead atoms. The van der Waals surface area contributed by atoms with Gasteiger partial charge in [0.2, 0.25) is 5.91 Å². The van der Waals surface area contributed by atoms with Crippen LogP contribution in [0.15, 0.2) is 12.2 Å². The first-order valence-electron chi connectivity index (χ1n) is 11.2. The van der Waals surface area contributed by atoms with Crippen LogP contribution in [-0.2, 0) is 14.4 Å². The SMILES string of the molecule is CCCCNCCSSC(C)(C)CC(=O)NCN1C(=O)C=CC1=O.CCN(CC)CC. The summed E-state index contributed by atoms with van der Waals surface area (Å²) in [6.45, 7) is 18.3. The van der Waals surface area contributed by atoms with E-state index in [1.165, 1.54) is 44.6 Å². The first-order valence-corrected chi connectivity index (χ1v) is 13.6. The minimum absolute atomic E-state index is 0.0707. The third kappa shape index (κ3) is 14.6. The summed E-state index contributed by atoms with van der Waals surface area (Å²) in [6, 6.07) is 0. The van der Waals surface area contributed by atoms with Crippen molar-refractivity contribution in [3.8, 4) is 0 Å². The third-order valence-electron chi connectivity index (χ3n) is 4.62. The minimum atomic E-state index is -0.389. The van der Waals surface area contributed by atoms with Gasteiger partial charge in [-0.05, 0) is 46.4 Å². The Hall–Kier alpha value is -1.03. The molecule has 0 aromatic carbocycles. The quantitative estimate of drug-likeness (QED) is 0.214. The molecule has 0 aromatic rings. The average molecular weight is 475 g/mol. The van der Waals surface area contributed by atoms with Gasteiger partial charge in [0.25, 0.3) is 11.8 Å². The van der Waals surface area contributed by atoms with Crippen LogP contribution < -0.4 is 10.6 Å². The van der Waals surface area contributed by atoms with Crippen LogP contribution in [0.25, 0.3) is 0 Å². The van der Waals surface area contributed by atoms with Crippen molar-refractivity contribution in [3.05, 3.63) is 12.2 Å². The van der Waals surface area contributed by atoms with Crippen LogP contribution in [0.5, 0.6) is 0 Å². The topological polar surface area (TPSA) is 81.8 Å². The molecule has 0 saturated heterocycles. The third-order valence-corrected chi connectivity index (χ3v) is 7.91. The Morgan fingerprint density at radius 2 is 1.61 bits per heavy atom. The van der Waals surface area contributed by atoms with Crippen LogP contribution in [0.2, 0.25) is 0 Å². The van der Waals surface area contributed by atoms with Gasteiger partial charge in [0, 0.05) is 35.6 Å². The van der Waals surface area contributed by atoms with Gasteiger partial charge in [-0.15, -0.1) is 0 Å². The van der Waals surface area contributed by atoms with Crippen molar-refractivity contribution in [1.29, 1.82) is 0 Å². The molecule has 3 amide bonds. The van der Waals surface area contributed by atoms with Crippen LogP contribution in [0.4, 0.5) is 0 Å². The first kappa shape index (κ1) is 30.0. The van der Waals surface area contributed by atoms with Gasteiger partial charge in [-0.3, -0.25) is 19.3 Å². The van der Waals surface area contributed by atoms with Gasteiger partial charge in [-0.25, -0.2) is 0 Å². The highest BCUT2D eigenvalue weighted by Crippen LogP contribution is 2.37. The largest absolute Gasteiger partial charge is 0.338 e. The Kier molecular flexibility index (Phi) is 16.9. The molecule has 7 nitrogen and oxygen atoms in total. The molecule has 0 unspecified atom stereocenters. The standard InChI is InChI=1S/C16H27N3O3S2.C6H15N/c1-4-5-8-17-9-10-23-24-16(2,3)11-13(20)18-12-19-14(21)6-7-15(19)22;1-4-7(5-2)6-3/h6-7,17H,4-5,8-12H2,1-3H3,(H,18,20);4-6H2,1-3H3. The smallest absolute Gasteiger partial charge is 0.255 e. The average Bonchev–Trinajstić information content (AvgIpc) is 3.04. The Balaban J connectivity index is 0.00000110. The number of rotatable bonds is 15. The van der Waals surface area contributed by atoms with Crippen molar-refractivity contribution in [2.75, 3.05) is 45.1 Å². The maximum absolute atomic E-state index is 12.0. The number of carbonyl (C=O) groups is 3. The molecular formula is C22H42N4O3S2. The number of carbonyl (C=O) groups excluding carboxylic acids is 3. The highest BCUT2D eigenvalue weighted by molar-refractivity contribution is 8.77. The minimum Gasteiger partial charge on any atom is -0.338 e. The number of hydrogen-bond acceptors (Lipinski definition) is 7. The van der Waals surface area contributed by atoms with Crippen molar-refractivity contribution >= 4 is 39.3 Å². The fourth-order valence-electron chi connectivity index (χ4n) is 2.65. The zero-order valence-electron chi connectivity index (χ0n) is 20.2. The lowest BCUT2D eigenvalue weighted by atomic mass is 10.1. The highest BCUT2D eigenvalue weighted by atomic mass is 33.1. The van der Waals surface area contributed by atoms with E-state index in [2.05, 4.69) is 43.2 Å². The fourth-order valence-corrected chi connectivity index (χ4v) is 5.10. The zero-order chi connectivity index (χ0) is 23.7. The Labute approximate surface area is 196 Å². The molecule has 9 heteroatoms. The lowest BCUT2D eigenvalue weighted by molar-refractivity contribution is -0.137. The monoisotopic (exact) mass is 474 g/mol. The normalized spacial score (nSPS) is 13.6. The summed E-state index contributed by atoms with van der Waals surface area (Å²) < 4.78 is -0.213. The van der Waals surface area contributed by atoms with Gasteiger partial charge >= 0.3 is 0 Å². The summed E-state index contributed by atoms with van der Waals surface area (Å²) in [5, 5.41) is 6.02. The van der Waals surface area contributed by atoms with Crippen molar-refractivity contribution in [3.63, 3.8) is 0 Å². The molecule has 2 N–H and O–H groups in total. The maximum atomic E-state index is 12.0. The molecule has 0 radical (unpaired) electrons. The van der Waals surface area contributed by atoms with Crippen LogP contribution in [0.1, 0.15) is 60.8 Å². The summed E-state index contributed by atoms with van der Waals surface area (Å²) in [6.07, 6.45) is 5.14. The van der Waals surface area contributed by atoms with Gasteiger partial charge < -0.3 is 15.5 Å². The summed E-state index contributed by atoms with van der Waals surface area (Å²) in [5.41, 5.74) is 0. The number of unbranched alkanes of at least 4 members (excludes halogenated alkanes) is 1. The van der Waals surface area contributed by atoms with Gasteiger partial charge in [0.1, 0.15) is 6.67 Å². The molecule has 0 fully saturated rings. The number of hydrogen-bond donors (Lipinski definition) is 2. The molecule has 1 aliphatic heterocycles. The molecule has 0 aromatic heterocycles. The van der Waals surface area contributed by atoms with Gasteiger partial charge in [0.15, 0.2) is 0 Å². The van der Waals surface area contributed by atoms with E-state index >= 15 is 0 Å². The van der Waals surface area contributed by atoms with Crippen LogP contribution >= 0.6 is 21.6 Å². The molecule has 0 aliphatic carbocycles. The van der Waals surface area contributed by atoms with Crippen LogP contribution in [-0.4, -0.2) is 77.4 Å². The number of nitrogens with one attached hydrogen (secondary N) is 2. The van der Waals surface area contributed by atoms with E-state index in [-0.39, 0.29) is 29.1 Å². The number of amides is 3. The molecule has 0 spiro atoms. The van der Waals surface area contributed by atoms with Crippen molar-refractivity contribution < 1.29 is 14.4 Å². The molecule has 1 rings (SSSR count). The summed E-state index contributed by atoms with van der Waals surface area (Å²) in [7, 11) is 3.44. The predicted octanol–water partition coefficient (Wildman–Crippen LogP) is 3.27. The second-order valence-electron chi connectivity index (χ2n) is 7.76. The number of nitrogens with zero attached hydrogens (tertiary/aromatic N) is 2. The van der Waals surface area contributed by atoms with E-state index in [4.69, 9.17) is 0 Å². The van der Waals surface area contributed by atoms with Crippen LogP contribution in [0.3, 0.4) is 0 Å². The Morgan fingerprint density at radius 1 is 1.03 bits per heavy atom. The van der Waals surface area contributed by atoms with E-state index in [1.54, 1.807) is 21.6 Å². The molecular weight excluding hydrogens is 432 g/mol. The van der Waals surface area contributed by atoms with E-state index in [0.717, 1.165) is 23.7 Å². The lowest BCUT2D eigenvalue weighted by Gasteiger charge is -2.23. The van der Waals surface area contributed by atoms with Gasteiger partial charge in [-0.1, -0.05) is 55.7 Å². The number of imide groups is 1. The molecule has 1 aliphatic rings. The zero-order valence-corrected chi connectivity index (χ0v) is 21.8. The summed E-state index contributed by atoms with van der Waals surface area (Å²) >= 11 is 0. The van der Waals surface area contributed by atoms with E-state index < -0.39 is 0 Å². The Bertz CT molecular complexity index is 543. The Morgan fingerprint density at radius 3 is 2.10 bits per heavy atom. The van der Waals surface area contributed by atoms with E-state index in [9.17, 15) is 14.4 Å². The predicted molar refractivity (Wildman–Crippen MR) is 134 cm³/mol. The van der Waals surface area contributed by atoms with E-state index in [0.29, 0.717) is 6.42 Å². The summed E-state index contributed by atoms with van der Waals surface area (Å²) in [5.74, 6) is 0.0452. The van der Waals surface area contributed by atoms with Crippen LogP contribution in [0, 0.1) is 0 Å². The fraction of sp³-hybridized carbons (Fsp3) is 0.773. The molecule has 31 heavy (non-hydrogen) atoms. The lowest BCUT2D eigenvalue weighted by Crippen LogP contribution is -2.42.